The van der Waals surface area contributed by atoms with Gasteiger partial charge in [-0.15, -0.1) is 0 Å². The number of benzene rings is 3. The maximum absolute atomic E-state index is 13.8. The number of nitrogens with two attached hydrogens (primary N) is 2. The van der Waals surface area contributed by atoms with Crippen molar-refractivity contribution < 1.29 is 23.9 Å². The molecule has 0 aliphatic rings. The Labute approximate surface area is 257 Å². The molecule has 0 aliphatic carbocycles. The molecule has 3 amide bonds. The second-order valence-corrected chi connectivity index (χ2v) is 11.5. The number of aliphatic imine (C=N–C) groups is 1. The van der Waals surface area contributed by atoms with Crippen LogP contribution in [0.1, 0.15) is 44.7 Å². The Balaban J connectivity index is 1.83. The minimum Gasteiger partial charge on any atom is -0.444 e. The third-order valence-corrected chi connectivity index (χ3v) is 6.64. The van der Waals surface area contributed by atoms with E-state index >= 15 is 0 Å². The SMILES string of the molecule is CC(C)(C)OC(=O)N[C@@H](Cc1ccc2ccccc2c1)C(=O)N[C@@H](Cc1ccccc1)C(=O)N[C@H](C=O)CCCN=C(N)N. The van der Waals surface area contributed by atoms with E-state index in [4.69, 9.17) is 16.2 Å². The van der Waals surface area contributed by atoms with Crippen molar-refractivity contribution in [2.24, 2.45) is 16.5 Å². The minimum absolute atomic E-state index is 0.0550. The Morgan fingerprint density at radius 3 is 2.09 bits per heavy atom. The number of nitrogens with zero attached hydrogens (tertiary/aromatic N) is 1. The van der Waals surface area contributed by atoms with Crippen LogP contribution in [-0.2, 0) is 32.0 Å². The van der Waals surface area contributed by atoms with Crippen molar-refractivity contribution in [2.45, 2.75) is 70.2 Å². The van der Waals surface area contributed by atoms with Crippen LogP contribution in [-0.4, -0.2) is 60.4 Å². The molecular weight excluding hydrogens is 560 g/mol. The van der Waals surface area contributed by atoms with Gasteiger partial charge >= 0.3 is 6.09 Å². The molecule has 0 radical (unpaired) electrons. The van der Waals surface area contributed by atoms with Crippen LogP contribution in [0.2, 0.25) is 0 Å². The topological polar surface area (TPSA) is 178 Å². The van der Waals surface area contributed by atoms with Crippen LogP contribution in [0.3, 0.4) is 0 Å². The summed E-state index contributed by atoms with van der Waals surface area (Å²) in [5.41, 5.74) is 11.5. The Morgan fingerprint density at radius 2 is 1.43 bits per heavy atom. The van der Waals surface area contributed by atoms with Crippen molar-refractivity contribution in [3.05, 3.63) is 83.9 Å². The molecule has 0 fully saturated rings. The smallest absolute Gasteiger partial charge is 0.408 e. The predicted octanol–water partition coefficient (Wildman–Crippen LogP) is 2.74. The molecule has 44 heavy (non-hydrogen) atoms. The van der Waals surface area contributed by atoms with Crippen molar-refractivity contribution in [2.75, 3.05) is 6.54 Å². The number of hydrogen-bond donors (Lipinski definition) is 5. The van der Waals surface area contributed by atoms with Gasteiger partial charge < -0.3 is 36.9 Å². The Hall–Kier alpha value is -4.93. The van der Waals surface area contributed by atoms with E-state index < -0.39 is 41.6 Å². The average Bonchev–Trinajstić information content (AvgIpc) is 2.97. The molecule has 234 valence electrons. The lowest BCUT2D eigenvalue weighted by atomic mass is 10.00. The van der Waals surface area contributed by atoms with Crippen molar-refractivity contribution in [1.82, 2.24) is 16.0 Å². The van der Waals surface area contributed by atoms with E-state index in [1.165, 1.54) is 0 Å². The van der Waals surface area contributed by atoms with Gasteiger partial charge in [0.25, 0.3) is 0 Å². The first-order valence-corrected chi connectivity index (χ1v) is 14.6. The largest absolute Gasteiger partial charge is 0.444 e. The minimum atomic E-state index is -1.06. The number of carbonyl (C=O) groups excluding carboxylic acids is 4. The third kappa shape index (κ3) is 11.4. The summed E-state index contributed by atoms with van der Waals surface area (Å²) in [6.45, 7) is 5.49. The lowest BCUT2D eigenvalue weighted by molar-refractivity contribution is -0.131. The molecule has 0 unspecified atom stereocenters. The molecule has 3 atom stereocenters. The number of rotatable bonds is 14. The number of nitrogens with one attached hydrogen (secondary N) is 3. The number of fused-ring (bicyclic) bond motifs is 1. The van der Waals surface area contributed by atoms with E-state index in [9.17, 15) is 19.2 Å². The van der Waals surface area contributed by atoms with Crippen LogP contribution in [0, 0.1) is 0 Å². The lowest BCUT2D eigenvalue weighted by Gasteiger charge is -2.26. The number of aldehydes is 1. The van der Waals surface area contributed by atoms with Crippen molar-refractivity contribution in [1.29, 1.82) is 0 Å². The fraction of sp³-hybridized carbons (Fsp3) is 0.364. The Bertz CT molecular complexity index is 1450. The average molecular weight is 603 g/mol. The number of amides is 3. The quantitative estimate of drug-likeness (QED) is 0.0815. The number of ether oxygens (including phenoxy) is 1. The highest BCUT2D eigenvalue weighted by Crippen LogP contribution is 2.17. The maximum Gasteiger partial charge on any atom is 0.408 e. The van der Waals surface area contributed by atoms with E-state index in [2.05, 4.69) is 20.9 Å². The van der Waals surface area contributed by atoms with Crippen molar-refractivity contribution in [3.63, 3.8) is 0 Å². The first-order chi connectivity index (χ1) is 20.9. The van der Waals surface area contributed by atoms with Gasteiger partial charge in [-0.2, -0.15) is 0 Å². The summed E-state index contributed by atoms with van der Waals surface area (Å²) in [6.07, 6.45) is 0.962. The van der Waals surface area contributed by atoms with Gasteiger partial charge in [-0.05, 0) is 55.5 Å². The van der Waals surface area contributed by atoms with Crippen molar-refractivity contribution >= 4 is 40.9 Å². The maximum atomic E-state index is 13.8. The van der Waals surface area contributed by atoms with Crippen LogP contribution < -0.4 is 27.4 Å². The molecule has 3 rings (SSSR count). The molecule has 0 saturated heterocycles. The monoisotopic (exact) mass is 602 g/mol. The van der Waals surface area contributed by atoms with Crippen LogP contribution in [0.5, 0.6) is 0 Å². The van der Waals surface area contributed by atoms with Gasteiger partial charge in [-0.1, -0.05) is 72.8 Å². The summed E-state index contributed by atoms with van der Waals surface area (Å²) >= 11 is 0. The second-order valence-electron chi connectivity index (χ2n) is 11.5. The fourth-order valence-corrected chi connectivity index (χ4v) is 4.57. The Kier molecular flexibility index (Phi) is 12.3. The highest BCUT2D eigenvalue weighted by Gasteiger charge is 2.30. The van der Waals surface area contributed by atoms with Gasteiger partial charge in [0.2, 0.25) is 11.8 Å². The molecule has 0 heterocycles. The highest BCUT2D eigenvalue weighted by atomic mass is 16.6. The van der Waals surface area contributed by atoms with Crippen LogP contribution in [0.4, 0.5) is 4.79 Å². The summed E-state index contributed by atoms with van der Waals surface area (Å²) in [4.78, 5) is 55.7. The second kappa shape index (κ2) is 16.1. The van der Waals surface area contributed by atoms with Gasteiger partial charge in [0.1, 0.15) is 24.0 Å². The van der Waals surface area contributed by atoms with E-state index in [0.29, 0.717) is 25.7 Å². The summed E-state index contributed by atoms with van der Waals surface area (Å²) in [5, 5.41) is 10.2. The zero-order valence-corrected chi connectivity index (χ0v) is 25.4. The molecule has 3 aromatic rings. The summed E-state index contributed by atoms with van der Waals surface area (Å²) in [5.74, 6) is -1.17. The van der Waals surface area contributed by atoms with E-state index in [1.807, 2.05) is 72.8 Å². The van der Waals surface area contributed by atoms with Gasteiger partial charge in [0.15, 0.2) is 5.96 Å². The standard InChI is InChI=1S/C33H42N6O5/c1-33(2,3)44-32(43)39-28(20-23-15-16-24-12-7-8-13-25(24)18-23)30(42)38-27(19-22-10-5-4-6-11-22)29(41)37-26(21-40)14-9-17-36-31(34)35/h4-8,10-13,15-16,18,21,26-28H,9,14,17,19-20H2,1-3H3,(H,37,41)(H,38,42)(H,39,43)(H4,34,35,36)/t26-,27-,28-/m0/s1. The molecule has 0 saturated carbocycles. The molecule has 0 spiro atoms. The normalized spacial score (nSPS) is 13.2. The number of carbonyl (C=O) groups is 4. The number of hydrogen-bond acceptors (Lipinski definition) is 6. The molecule has 3 aromatic carbocycles. The lowest BCUT2D eigenvalue weighted by Crippen LogP contribution is -2.56. The molecule has 0 aromatic heterocycles. The first-order valence-electron chi connectivity index (χ1n) is 14.6. The number of guanidine groups is 1. The van der Waals surface area contributed by atoms with Crippen LogP contribution in [0.15, 0.2) is 77.8 Å². The molecule has 0 bridgehead atoms. The van der Waals surface area contributed by atoms with E-state index in [0.717, 1.165) is 21.9 Å². The molecule has 7 N–H and O–H groups in total. The molecule has 11 heteroatoms. The van der Waals surface area contributed by atoms with Crippen LogP contribution >= 0.6 is 0 Å². The van der Waals surface area contributed by atoms with Crippen LogP contribution in [0.25, 0.3) is 10.8 Å². The van der Waals surface area contributed by atoms with Gasteiger partial charge in [-0.25, -0.2) is 4.79 Å². The predicted molar refractivity (Wildman–Crippen MR) is 171 cm³/mol. The summed E-state index contributed by atoms with van der Waals surface area (Å²) < 4.78 is 5.43. The first kappa shape index (κ1) is 33.6. The molecular formula is C33H42N6O5. The summed E-state index contributed by atoms with van der Waals surface area (Å²) in [6, 6.07) is 19.9. The third-order valence-electron chi connectivity index (χ3n) is 6.64. The molecule has 0 aliphatic heterocycles. The van der Waals surface area contributed by atoms with E-state index in [-0.39, 0.29) is 18.8 Å². The molecule has 11 nitrogen and oxygen atoms in total. The zero-order valence-electron chi connectivity index (χ0n) is 25.4. The van der Waals surface area contributed by atoms with Crippen molar-refractivity contribution in [3.8, 4) is 0 Å². The fourth-order valence-electron chi connectivity index (χ4n) is 4.57. The number of alkyl carbamates (subject to hydrolysis) is 1. The van der Waals surface area contributed by atoms with Gasteiger partial charge in [0, 0.05) is 19.4 Å². The highest BCUT2D eigenvalue weighted by molar-refractivity contribution is 5.92. The van der Waals surface area contributed by atoms with Gasteiger partial charge in [-0.3, -0.25) is 14.6 Å². The van der Waals surface area contributed by atoms with E-state index in [1.54, 1.807) is 20.8 Å². The summed E-state index contributed by atoms with van der Waals surface area (Å²) in [7, 11) is 0. The zero-order chi connectivity index (χ0) is 32.1. The van der Waals surface area contributed by atoms with Gasteiger partial charge in [0.05, 0.1) is 6.04 Å². The Morgan fingerprint density at radius 1 is 0.818 bits per heavy atom.